The predicted octanol–water partition coefficient (Wildman–Crippen LogP) is 0.639. The zero-order valence-corrected chi connectivity index (χ0v) is 28.2. The van der Waals surface area contributed by atoms with Gasteiger partial charge >= 0.3 is 11.9 Å². The van der Waals surface area contributed by atoms with Gasteiger partial charge in [-0.1, -0.05) is 18.6 Å². The van der Waals surface area contributed by atoms with Crippen molar-refractivity contribution in [2.24, 2.45) is 11.1 Å². The van der Waals surface area contributed by atoms with E-state index in [2.05, 4.69) is 21.3 Å². The van der Waals surface area contributed by atoms with Crippen molar-refractivity contribution in [3.05, 3.63) is 42.0 Å². The van der Waals surface area contributed by atoms with Crippen molar-refractivity contribution in [1.29, 1.82) is 0 Å². The summed E-state index contributed by atoms with van der Waals surface area (Å²) in [6.07, 6.45) is 2.29. The molecule has 3 atom stereocenters. The van der Waals surface area contributed by atoms with Crippen LogP contribution in [0.15, 0.2) is 36.4 Å². The number of benzene rings is 1. The minimum atomic E-state index is -1.28. The highest BCUT2D eigenvalue weighted by Gasteiger charge is 2.28. The molecule has 0 saturated heterocycles. The largest absolute Gasteiger partial charge is 0.481 e. The number of unbranched alkanes of at least 4 members (excludes halogenated alkanes) is 2. The number of ether oxygens (including phenoxy) is 1. The predicted molar refractivity (Wildman–Crippen MR) is 177 cm³/mol. The second kappa shape index (κ2) is 20.0. The molecule has 49 heavy (non-hydrogen) atoms. The Morgan fingerprint density at radius 2 is 1.49 bits per heavy atom. The number of hydrogen-bond acceptors (Lipinski definition) is 11. The number of carbonyl (C=O) groups is 7. The summed E-state index contributed by atoms with van der Waals surface area (Å²) in [6, 6.07) is 4.21. The van der Waals surface area contributed by atoms with Gasteiger partial charge in [0.2, 0.25) is 17.7 Å². The first-order chi connectivity index (χ1) is 23.1. The second-order valence-corrected chi connectivity index (χ2v) is 12.6. The number of aliphatic hydroxyl groups excluding tert-OH is 1. The van der Waals surface area contributed by atoms with Crippen molar-refractivity contribution in [3.8, 4) is 0 Å². The minimum absolute atomic E-state index is 0.0133. The van der Waals surface area contributed by atoms with Gasteiger partial charge in [-0.25, -0.2) is 0 Å². The average molecular weight is 689 g/mol. The van der Waals surface area contributed by atoms with Crippen LogP contribution in [-0.4, -0.2) is 88.1 Å². The minimum Gasteiger partial charge on any atom is -0.481 e. The normalized spacial score (nSPS) is 14.6. The van der Waals surface area contributed by atoms with Crippen molar-refractivity contribution in [3.63, 3.8) is 0 Å². The van der Waals surface area contributed by atoms with Crippen LogP contribution in [0.2, 0.25) is 0 Å². The van der Waals surface area contributed by atoms with E-state index < -0.39 is 54.0 Å². The van der Waals surface area contributed by atoms with Gasteiger partial charge in [0.05, 0.1) is 5.41 Å². The number of aliphatic hydroxyl groups is 1. The Hall–Kier alpha value is -4.67. The lowest BCUT2D eigenvalue weighted by Gasteiger charge is -2.23. The summed E-state index contributed by atoms with van der Waals surface area (Å²) < 4.78 is 5.31. The third-order valence-corrected chi connectivity index (χ3v) is 7.34. The smallest absolute Gasteiger partial charge is 0.311 e. The van der Waals surface area contributed by atoms with Crippen molar-refractivity contribution in [2.75, 3.05) is 18.4 Å². The van der Waals surface area contributed by atoms with E-state index >= 15 is 0 Å². The number of imide groups is 1. The topological polar surface area (TPSA) is 247 Å². The van der Waals surface area contributed by atoms with Gasteiger partial charge in [-0.05, 0) is 77.1 Å². The van der Waals surface area contributed by atoms with Crippen LogP contribution in [0.4, 0.5) is 5.69 Å². The Labute approximate surface area is 285 Å². The molecule has 1 aromatic carbocycles. The Morgan fingerprint density at radius 3 is 2.08 bits per heavy atom. The van der Waals surface area contributed by atoms with Gasteiger partial charge in [-0.15, -0.1) is 0 Å². The number of nitrogens with zero attached hydrogens (tertiary/aromatic N) is 1. The van der Waals surface area contributed by atoms with Crippen LogP contribution in [0, 0.1) is 5.41 Å². The molecule has 5 amide bonds. The molecular weight excluding hydrogens is 640 g/mol. The number of carboxylic acids is 1. The number of rotatable bonds is 21. The Kier molecular flexibility index (Phi) is 16.5. The van der Waals surface area contributed by atoms with Gasteiger partial charge in [0.25, 0.3) is 11.8 Å². The summed E-state index contributed by atoms with van der Waals surface area (Å²) in [4.78, 5) is 87.1. The molecule has 0 aliphatic carbocycles. The first kappa shape index (κ1) is 40.5. The molecule has 16 heteroatoms. The number of carboxylic acid groups (broad SMARTS) is 1. The number of nitrogens with two attached hydrogens (primary N) is 1. The molecular formula is C33H48N6O10. The molecule has 1 aliphatic heterocycles. The fraction of sp³-hybridized carbons (Fsp3) is 0.545. The van der Waals surface area contributed by atoms with Crippen LogP contribution < -0.4 is 27.0 Å². The Morgan fingerprint density at radius 1 is 0.857 bits per heavy atom. The molecule has 0 spiro atoms. The molecule has 1 unspecified atom stereocenters. The van der Waals surface area contributed by atoms with E-state index in [1.165, 1.54) is 12.2 Å². The van der Waals surface area contributed by atoms with Gasteiger partial charge in [-0.2, -0.15) is 0 Å². The summed E-state index contributed by atoms with van der Waals surface area (Å²) in [6.45, 7) is 5.71. The average Bonchev–Trinajstić information content (AvgIpc) is 3.35. The van der Waals surface area contributed by atoms with E-state index in [-0.39, 0.29) is 56.7 Å². The first-order valence-electron chi connectivity index (χ1n) is 16.2. The monoisotopic (exact) mass is 688 g/mol. The van der Waals surface area contributed by atoms with E-state index in [1.54, 1.807) is 45.0 Å². The van der Waals surface area contributed by atoms with E-state index in [0.29, 0.717) is 36.9 Å². The SMILES string of the molecule is CC(C)(C)C(=O)OCc1ccc(NC(=O)[C@H](CCCNC(N)O)NC(=O)[C@H](CCC(=O)O)NC(=O)CCCCCN2C(=O)C=CC2=O)cc1. The number of anilines is 1. The standard InChI is InChI=1S/C33H48N6O10/c1-33(2,3)31(47)49-20-21-10-12-22(13-11-21)36-29(45)23(8-7-18-35-32(34)48)38-30(46)24(14-17-28(43)44)37-25(40)9-5-4-6-19-39-26(41)15-16-27(39)42/h10-13,15-16,23-24,32,35,48H,4-9,14,17-20,34H2,1-3H3,(H,36,45)(H,37,40)(H,38,46)(H,43,44)/t23-,24-,32?/m0/s1. The highest BCUT2D eigenvalue weighted by molar-refractivity contribution is 6.12. The van der Waals surface area contributed by atoms with Crippen LogP contribution in [0.5, 0.6) is 0 Å². The molecule has 270 valence electrons. The summed E-state index contributed by atoms with van der Waals surface area (Å²) >= 11 is 0. The van der Waals surface area contributed by atoms with E-state index in [4.69, 9.17) is 10.5 Å². The number of carbonyl (C=O) groups excluding carboxylic acids is 6. The highest BCUT2D eigenvalue weighted by Crippen LogP contribution is 2.18. The van der Waals surface area contributed by atoms with E-state index in [0.717, 1.165) is 4.90 Å². The summed E-state index contributed by atoms with van der Waals surface area (Å²) in [5, 5.41) is 29.0. The molecule has 1 aliphatic rings. The lowest BCUT2D eigenvalue weighted by molar-refractivity contribution is -0.154. The van der Waals surface area contributed by atoms with Crippen LogP contribution in [0.1, 0.15) is 77.7 Å². The zero-order valence-electron chi connectivity index (χ0n) is 28.2. The van der Waals surface area contributed by atoms with Crippen molar-refractivity contribution >= 4 is 47.2 Å². The highest BCUT2D eigenvalue weighted by atomic mass is 16.5. The molecule has 0 bridgehead atoms. The summed E-state index contributed by atoms with van der Waals surface area (Å²) in [5.74, 6) is -4.14. The number of hydrogen-bond donors (Lipinski definition) is 7. The number of esters is 1. The third-order valence-electron chi connectivity index (χ3n) is 7.34. The maximum absolute atomic E-state index is 13.3. The van der Waals surface area contributed by atoms with Crippen LogP contribution in [0.25, 0.3) is 0 Å². The molecule has 16 nitrogen and oxygen atoms in total. The van der Waals surface area contributed by atoms with Crippen LogP contribution in [0.3, 0.4) is 0 Å². The van der Waals surface area contributed by atoms with E-state index in [1.807, 2.05) is 0 Å². The Bertz CT molecular complexity index is 1340. The Balaban J connectivity index is 2.01. The first-order valence-corrected chi connectivity index (χ1v) is 16.2. The molecule has 0 saturated carbocycles. The third kappa shape index (κ3) is 15.4. The number of nitrogens with one attached hydrogen (secondary N) is 4. The summed E-state index contributed by atoms with van der Waals surface area (Å²) in [7, 11) is 0. The quantitative estimate of drug-likeness (QED) is 0.0407. The second-order valence-electron chi connectivity index (χ2n) is 12.6. The van der Waals surface area contributed by atoms with Crippen LogP contribution in [-0.2, 0) is 44.9 Å². The van der Waals surface area contributed by atoms with Gasteiger partial charge < -0.3 is 30.9 Å². The maximum Gasteiger partial charge on any atom is 0.311 e. The van der Waals surface area contributed by atoms with Gasteiger partial charge in [0.1, 0.15) is 18.7 Å². The maximum atomic E-state index is 13.3. The van der Waals surface area contributed by atoms with Gasteiger partial charge in [0.15, 0.2) is 6.35 Å². The molecule has 1 aromatic rings. The van der Waals surface area contributed by atoms with Crippen molar-refractivity contribution in [1.82, 2.24) is 20.9 Å². The molecule has 0 fully saturated rings. The van der Waals surface area contributed by atoms with Crippen molar-refractivity contribution < 1.29 is 48.5 Å². The lowest BCUT2D eigenvalue weighted by atomic mass is 9.97. The fourth-order valence-corrected chi connectivity index (χ4v) is 4.56. The zero-order chi connectivity index (χ0) is 36.6. The molecule has 2 rings (SSSR count). The van der Waals surface area contributed by atoms with Crippen LogP contribution >= 0.6 is 0 Å². The number of aliphatic carboxylic acids is 1. The fourth-order valence-electron chi connectivity index (χ4n) is 4.56. The van der Waals surface area contributed by atoms with Gasteiger partial charge in [-0.3, -0.25) is 49.5 Å². The molecule has 0 aromatic heterocycles. The van der Waals surface area contributed by atoms with E-state index in [9.17, 15) is 43.8 Å². The number of amides is 5. The molecule has 8 N–H and O–H groups in total. The molecule has 1 heterocycles. The lowest BCUT2D eigenvalue weighted by Crippen LogP contribution is -2.53. The molecule has 0 radical (unpaired) electrons. The van der Waals surface area contributed by atoms with Gasteiger partial charge in [0, 0.05) is 37.2 Å². The summed E-state index contributed by atoms with van der Waals surface area (Å²) in [5.41, 5.74) is 5.74. The van der Waals surface area contributed by atoms with Crippen molar-refractivity contribution in [2.45, 2.75) is 97.2 Å².